The van der Waals surface area contributed by atoms with Crippen molar-refractivity contribution in [1.29, 1.82) is 0 Å². The number of aromatic amines is 1. The fourth-order valence-corrected chi connectivity index (χ4v) is 1.41. The zero-order valence-corrected chi connectivity index (χ0v) is 8.19. The van der Waals surface area contributed by atoms with E-state index in [9.17, 15) is 9.59 Å². The number of imidazole rings is 1. The summed E-state index contributed by atoms with van der Waals surface area (Å²) in [7, 11) is 0. The summed E-state index contributed by atoms with van der Waals surface area (Å²) in [6.07, 6.45) is 1.47. The van der Waals surface area contributed by atoms with Gasteiger partial charge in [-0.1, -0.05) is 6.07 Å². The number of nitrogens with one attached hydrogen (secondary N) is 1. The normalized spacial score (nSPS) is 10.5. The molecule has 2 heterocycles. The first-order valence-electron chi connectivity index (χ1n) is 4.60. The maximum atomic E-state index is 11.5. The first-order valence-corrected chi connectivity index (χ1v) is 4.60. The number of pyridine rings is 1. The quantitative estimate of drug-likeness (QED) is 0.739. The van der Waals surface area contributed by atoms with Crippen molar-refractivity contribution in [3.8, 4) is 0 Å². The molecule has 0 saturated heterocycles. The van der Waals surface area contributed by atoms with Gasteiger partial charge in [0.1, 0.15) is 5.65 Å². The molecular weight excluding hydrogens is 196 g/mol. The molecule has 0 atom stereocenters. The first kappa shape index (κ1) is 9.51. The van der Waals surface area contributed by atoms with E-state index >= 15 is 0 Å². The lowest BCUT2D eigenvalue weighted by molar-refractivity contribution is 0.0518. The Kier molecular flexibility index (Phi) is 2.29. The number of hydrogen-bond donors (Lipinski definition) is 1. The molecule has 2 aromatic rings. The molecule has 78 valence electrons. The molecule has 0 amide bonds. The second kappa shape index (κ2) is 3.61. The fraction of sp³-hybridized carbons (Fsp3) is 0.200. The van der Waals surface area contributed by atoms with Crippen LogP contribution in [-0.4, -0.2) is 22.0 Å². The van der Waals surface area contributed by atoms with Gasteiger partial charge in [0.25, 0.3) is 5.56 Å². The predicted octanol–water partition coefficient (Wildman–Crippen LogP) is 0.804. The molecule has 0 radical (unpaired) electrons. The minimum absolute atomic E-state index is 0.220. The van der Waals surface area contributed by atoms with E-state index < -0.39 is 5.97 Å². The molecule has 0 spiro atoms. The highest BCUT2D eigenvalue weighted by atomic mass is 16.5. The van der Waals surface area contributed by atoms with E-state index in [-0.39, 0.29) is 17.9 Å². The van der Waals surface area contributed by atoms with Gasteiger partial charge in [-0.2, -0.15) is 0 Å². The Morgan fingerprint density at radius 3 is 3.07 bits per heavy atom. The molecule has 5 nitrogen and oxygen atoms in total. The summed E-state index contributed by atoms with van der Waals surface area (Å²) in [4.78, 5) is 25.8. The molecule has 0 aliphatic carbocycles. The van der Waals surface area contributed by atoms with E-state index in [0.717, 1.165) is 0 Å². The van der Waals surface area contributed by atoms with Crippen LogP contribution in [0.5, 0.6) is 0 Å². The lowest BCUT2D eigenvalue weighted by atomic mass is 10.4. The Balaban J connectivity index is 2.62. The van der Waals surface area contributed by atoms with Crippen LogP contribution in [0, 0.1) is 0 Å². The van der Waals surface area contributed by atoms with Gasteiger partial charge in [0.05, 0.1) is 6.61 Å². The summed E-state index contributed by atoms with van der Waals surface area (Å²) in [6, 6.07) is 4.73. The van der Waals surface area contributed by atoms with Crippen molar-refractivity contribution in [2.75, 3.05) is 6.61 Å². The summed E-state index contributed by atoms with van der Waals surface area (Å²) >= 11 is 0. The Morgan fingerprint density at radius 1 is 1.53 bits per heavy atom. The van der Waals surface area contributed by atoms with E-state index in [1.165, 1.54) is 16.7 Å². The number of carbonyl (C=O) groups excluding carboxylic acids is 1. The van der Waals surface area contributed by atoms with Gasteiger partial charge in [-0.15, -0.1) is 0 Å². The summed E-state index contributed by atoms with van der Waals surface area (Å²) in [5, 5.41) is 0. The summed E-state index contributed by atoms with van der Waals surface area (Å²) in [5.41, 5.74) is 0.541. The topological polar surface area (TPSA) is 63.6 Å². The maximum Gasteiger partial charge on any atom is 0.356 e. The lowest BCUT2D eigenvalue weighted by Crippen LogP contribution is -2.17. The molecular formula is C10H10N2O3. The van der Waals surface area contributed by atoms with Crippen LogP contribution < -0.4 is 5.56 Å². The van der Waals surface area contributed by atoms with E-state index in [0.29, 0.717) is 5.65 Å². The van der Waals surface area contributed by atoms with Crippen LogP contribution in [0.1, 0.15) is 17.4 Å². The number of ether oxygens (including phenoxy) is 1. The van der Waals surface area contributed by atoms with Crippen molar-refractivity contribution < 1.29 is 9.53 Å². The van der Waals surface area contributed by atoms with E-state index in [1.54, 1.807) is 19.1 Å². The molecule has 2 rings (SSSR count). The number of H-pyrrole nitrogens is 1. The van der Waals surface area contributed by atoms with Crippen LogP contribution in [0.15, 0.2) is 29.2 Å². The van der Waals surface area contributed by atoms with Crippen molar-refractivity contribution in [3.63, 3.8) is 0 Å². The zero-order chi connectivity index (χ0) is 10.8. The summed E-state index contributed by atoms with van der Waals surface area (Å²) < 4.78 is 6.12. The van der Waals surface area contributed by atoms with Crippen molar-refractivity contribution in [1.82, 2.24) is 9.38 Å². The number of hydrogen-bond acceptors (Lipinski definition) is 3. The van der Waals surface area contributed by atoms with Gasteiger partial charge < -0.3 is 9.72 Å². The summed E-state index contributed by atoms with van der Waals surface area (Å²) in [5.74, 6) is -0.503. The van der Waals surface area contributed by atoms with Gasteiger partial charge in [-0.25, -0.2) is 4.79 Å². The number of fused-ring (bicyclic) bond motifs is 1. The Labute approximate surface area is 85.3 Å². The first-order chi connectivity index (χ1) is 7.24. The molecule has 0 aliphatic rings. The number of aromatic nitrogens is 2. The van der Waals surface area contributed by atoms with Crippen LogP contribution >= 0.6 is 0 Å². The van der Waals surface area contributed by atoms with Crippen molar-refractivity contribution in [2.45, 2.75) is 6.92 Å². The highest BCUT2D eigenvalue weighted by molar-refractivity contribution is 5.88. The maximum absolute atomic E-state index is 11.5. The average Bonchev–Trinajstić information content (AvgIpc) is 2.63. The van der Waals surface area contributed by atoms with Gasteiger partial charge >= 0.3 is 5.97 Å². The fourth-order valence-electron chi connectivity index (χ4n) is 1.41. The van der Waals surface area contributed by atoms with E-state index in [1.807, 2.05) is 0 Å². The van der Waals surface area contributed by atoms with Crippen molar-refractivity contribution in [3.05, 3.63) is 40.4 Å². The minimum atomic E-state index is -0.503. The van der Waals surface area contributed by atoms with Gasteiger partial charge in [-0.05, 0) is 13.0 Å². The molecule has 0 aliphatic heterocycles. The Morgan fingerprint density at radius 2 is 2.33 bits per heavy atom. The number of carbonyl (C=O) groups is 1. The standard InChI is InChI=1S/C10H10N2O3/c1-2-15-10(14)7-6-11-8-4-3-5-9(13)12(7)8/h3-6,11H,2H2,1H3. The molecule has 2 aromatic heterocycles. The molecule has 0 bridgehead atoms. The SMILES string of the molecule is CCOC(=O)c1c[nH]c2cccc(=O)n12. The van der Waals surface area contributed by atoms with Gasteiger partial charge in [0.2, 0.25) is 0 Å². The van der Waals surface area contributed by atoms with Crippen molar-refractivity contribution in [2.24, 2.45) is 0 Å². The largest absolute Gasteiger partial charge is 0.461 e. The molecule has 15 heavy (non-hydrogen) atoms. The van der Waals surface area contributed by atoms with Crippen LogP contribution in [-0.2, 0) is 4.74 Å². The third kappa shape index (κ3) is 1.52. The molecule has 0 unspecified atom stereocenters. The summed E-state index contributed by atoms with van der Waals surface area (Å²) in [6.45, 7) is 2.00. The highest BCUT2D eigenvalue weighted by Gasteiger charge is 2.13. The number of esters is 1. The third-order valence-electron chi connectivity index (χ3n) is 2.04. The minimum Gasteiger partial charge on any atom is -0.461 e. The smallest absolute Gasteiger partial charge is 0.356 e. The van der Waals surface area contributed by atoms with Crippen LogP contribution in [0.2, 0.25) is 0 Å². The van der Waals surface area contributed by atoms with E-state index in [2.05, 4.69) is 4.98 Å². The van der Waals surface area contributed by atoms with Gasteiger partial charge in [0.15, 0.2) is 5.69 Å². The van der Waals surface area contributed by atoms with Gasteiger partial charge in [0, 0.05) is 12.3 Å². The number of rotatable bonds is 2. The predicted molar refractivity (Wildman–Crippen MR) is 54.0 cm³/mol. The zero-order valence-electron chi connectivity index (χ0n) is 8.19. The lowest BCUT2D eigenvalue weighted by Gasteiger charge is -2.00. The van der Waals surface area contributed by atoms with Crippen LogP contribution in [0.4, 0.5) is 0 Å². The molecule has 1 N–H and O–H groups in total. The van der Waals surface area contributed by atoms with E-state index in [4.69, 9.17) is 4.74 Å². The van der Waals surface area contributed by atoms with Crippen molar-refractivity contribution >= 4 is 11.6 Å². The molecule has 5 heteroatoms. The molecule has 0 saturated carbocycles. The van der Waals surface area contributed by atoms with Crippen LogP contribution in [0.25, 0.3) is 5.65 Å². The molecule has 0 fully saturated rings. The average molecular weight is 206 g/mol. The third-order valence-corrected chi connectivity index (χ3v) is 2.04. The monoisotopic (exact) mass is 206 g/mol. The number of nitrogens with zero attached hydrogens (tertiary/aromatic N) is 1. The van der Waals surface area contributed by atoms with Crippen LogP contribution in [0.3, 0.4) is 0 Å². The molecule has 0 aromatic carbocycles. The second-order valence-electron chi connectivity index (χ2n) is 2.98. The van der Waals surface area contributed by atoms with Gasteiger partial charge in [-0.3, -0.25) is 9.20 Å². The Bertz CT molecular complexity index is 553. The second-order valence-corrected chi connectivity index (χ2v) is 2.98. The highest BCUT2D eigenvalue weighted by Crippen LogP contribution is 2.04. The Hall–Kier alpha value is -2.04.